The summed E-state index contributed by atoms with van der Waals surface area (Å²) in [5, 5.41) is 3.29. The zero-order valence-corrected chi connectivity index (χ0v) is 15.4. The van der Waals surface area contributed by atoms with E-state index in [1.807, 2.05) is 0 Å². The molecule has 1 saturated heterocycles. The molecule has 0 aromatic rings. The SMILES string of the molecule is C#CCN=C(NCC)N1CCC(OC(C)(C)C)CC1.I. The summed E-state index contributed by atoms with van der Waals surface area (Å²) in [6.45, 7) is 11.6. The highest BCUT2D eigenvalue weighted by molar-refractivity contribution is 14.0. The topological polar surface area (TPSA) is 36.9 Å². The van der Waals surface area contributed by atoms with Crippen molar-refractivity contribution in [3.8, 4) is 12.3 Å². The van der Waals surface area contributed by atoms with Crippen LogP contribution in [0, 0.1) is 12.3 Å². The molecule has 0 saturated carbocycles. The van der Waals surface area contributed by atoms with Crippen LogP contribution in [0.15, 0.2) is 4.99 Å². The van der Waals surface area contributed by atoms with Gasteiger partial charge in [-0.1, -0.05) is 5.92 Å². The van der Waals surface area contributed by atoms with Crippen LogP contribution in [0.4, 0.5) is 0 Å². The quantitative estimate of drug-likeness (QED) is 0.347. The zero-order chi connectivity index (χ0) is 14.3. The first-order valence-electron chi connectivity index (χ1n) is 7.11. The summed E-state index contributed by atoms with van der Waals surface area (Å²) in [4.78, 5) is 6.68. The highest BCUT2D eigenvalue weighted by atomic mass is 127. The number of hydrogen-bond acceptors (Lipinski definition) is 2. The van der Waals surface area contributed by atoms with Gasteiger partial charge < -0.3 is 15.0 Å². The number of ether oxygens (including phenoxy) is 1. The molecule has 1 fully saturated rings. The lowest BCUT2D eigenvalue weighted by Crippen LogP contribution is -2.48. The molecule has 0 radical (unpaired) electrons. The van der Waals surface area contributed by atoms with E-state index in [9.17, 15) is 0 Å². The monoisotopic (exact) mass is 393 g/mol. The molecular formula is C15H28IN3O. The number of terminal acetylenes is 1. The average Bonchev–Trinajstić information content (AvgIpc) is 2.34. The van der Waals surface area contributed by atoms with Crippen molar-refractivity contribution in [2.75, 3.05) is 26.2 Å². The Hall–Kier alpha value is -0.480. The van der Waals surface area contributed by atoms with Gasteiger partial charge in [0.1, 0.15) is 6.54 Å². The van der Waals surface area contributed by atoms with Gasteiger partial charge in [-0.2, -0.15) is 0 Å². The lowest BCUT2D eigenvalue weighted by atomic mass is 10.1. The fourth-order valence-corrected chi connectivity index (χ4v) is 2.23. The Morgan fingerprint density at radius 2 is 2.00 bits per heavy atom. The Bertz CT molecular complexity index is 336. The van der Waals surface area contributed by atoms with Gasteiger partial charge in [0.05, 0.1) is 11.7 Å². The second-order valence-electron chi connectivity index (χ2n) is 5.79. The molecule has 1 rings (SSSR count). The molecule has 20 heavy (non-hydrogen) atoms. The minimum Gasteiger partial charge on any atom is -0.372 e. The molecule has 0 spiro atoms. The van der Waals surface area contributed by atoms with Crippen LogP contribution < -0.4 is 5.32 Å². The molecule has 0 atom stereocenters. The molecule has 0 bridgehead atoms. The number of nitrogens with zero attached hydrogens (tertiary/aromatic N) is 2. The maximum Gasteiger partial charge on any atom is 0.194 e. The smallest absolute Gasteiger partial charge is 0.194 e. The van der Waals surface area contributed by atoms with Crippen LogP contribution in [-0.4, -0.2) is 48.7 Å². The molecule has 1 N–H and O–H groups in total. The summed E-state index contributed by atoms with van der Waals surface area (Å²) in [6.07, 6.45) is 7.70. The summed E-state index contributed by atoms with van der Waals surface area (Å²) >= 11 is 0. The molecule has 0 amide bonds. The van der Waals surface area contributed by atoms with Crippen LogP contribution in [0.2, 0.25) is 0 Å². The largest absolute Gasteiger partial charge is 0.372 e. The Labute approximate surface area is 140 Å². The molecule has 0 aromatic heterocycles. The molecule has 1 aliphatic heterocycles. The van der Waals surface area contributed by atoms with Crippen molar-refractivity contribution >= 4 is 29.9 Å². The van der Waals surface area contributed by atoms with E-state index < -0.39 is 0 Å². The number of hydrogen-bond donors (Lipinski definition) is 1. The molecule has 1 aliphatic rings. The lowest BCUT2D eigenvalue weighted by Gasteiger charge is -2.36. The first-order chi connectivity index (χ1) is 8.96. The predicted molar refractivity (Wildman–Crippen MR) is 95.7 cm³/mol. The van der Waals surface area contributed by atoms with Crippen molar-refractivity contribution < 1.29 is 4.74 Å². The minimum absolute atomic E-state index is 0. The Morgan fingerprint density at radius 3 is 2.45 bits per heavy atom. The maximum absolute atomic E-state index is 6.03. The Balaban J connectivity index is 0.00000361. The van der Waals surface area contributed by atoms with E-state index in [0.717, 1.165) is 38.4 Å². The van der Waals surface area contributed by atoms with Gasteiger partial charge in [0.2, 0.25) is 0 Å². The van der Waals surface area contributed by atoms with Gasteiger partial charge in [-0.15, -0.1) is 30.4 Å². The van der Waals surface area contributed by atoms with Crippen LogP contribution in [0.3, 0.4) is 0 Å². The van der Waals surface area contributed by atoms with Crippen LogP contribution in [0.1, 0.15) is 40.5 Å². The van der Waals surface area contributed by atoms with Gasteiger partial charge in [-0.05, 0) is 40.5 Å². The number of nitrogens with one attached hydrogen (secondary N) is 1. The van der Waals surface area contributed by atoms with Gasteiger partial charge in [0, 0.05) is 19.6 Å². The molecule has 4 nitrogen and oxygen atoms in total. The third-order valence-corrected chi connectivity index (χ3v) is 2.92. The fourth-order valence-electron chi connectivity index (χ4n) is 2.23. The van der Waals surface area contributed by atoms with Crippen molar-refractivity contribution in [3.63, 3.8) is 0 Å². The van der Waals surface area contributed by atoms with Gasteiger partial charge >= 0.3 is 0 Å². The molecule has 0 aliphatic carbocycles. The van der Waals surface area contributed by atoms with Gasteiger partial charge in [-0.25, -0.2) is 4.99 Å². The average molecular weight is 393 g/mol. The van der Waals surface area contributed by atoms with E-state index in [0.29, 0.717) is 12.6 Å². The first kappa shape index (κ1) is 19.5. The van der Waals surface area contributed by atoms with Gasteiger partial charge in [0.25, 0.3) is 0 Å². The molecule has 0 aromatic carbocycles. The number of halogens is 1. The standard InChI is InChI=1S/C15H27N3O.HI/c1-6-10-17-14(16-7-2)18-11-8-13(9-12-18)19-15(3,4)5;/h1,13H,7-12H2,2-5H3,(H,16,17);1H. The Morgan fingerprint density at radius 1 is 1.40 bits per heavy atom. The fraction of sp³-hybridized carbons (Fsp3) is 0.800. The van der Waals surface area contributed by atoms with Crippen LogP contribution in [0.25, 0.3) is 0 Å². The summed E-state index contributed by atoms with van der Waals surface area (Å²) in [5.41, 5.74) is -0.0606. The third-order valence-electron chi connectivity index (χ3n) is 2.92. The highest BCUT2D eigenvalue weighted by Crippen LogP contribution is 2.20. The van der Waals surface area contributed by atoms with Crippen LogP contribution in [0.5, 0.6) is 0 Å². The van der Waals surface area contributed by atoms with Crippen molar-refractivity contribution in [3.05, 3.63) is 0 Å². The van der Waals surface area contributed by atoms with E-state index in [4.69, 9.17) is 11.2 Å². The summed E-state index contributed by atoms with van der Waals surface area (Å²) in [6, 6.07) is 0. The number of aliphatic imine (C=N–C) groups is 1. The van der Waals surface area contributed by atoms with Gasteiger partial charge in [-0.3, -0.25) is 0 Å². The molecule has 116 valence electrons. The van der Waals surface area contributed by atoms with E-state index >= 15 is 0 Å². The normalized spacial score (nSPS) is 17.4. The summed E-state index contributed by atoms with van der Waals surface area (Å²) < 4.78 is 6.03. The van der Waals surface area contributed by atoms with Crippen LogP contribution in [-0.2, 0) is 4.74 Å². The number of rotatable bonds is 3. The van der Waals surface area contributed by atoms with E-state index in [1.165, 1.54) is 0 Å². The van der Waals surface area contributed by atoms with Gasteiger partial charge in [0.15, 0.2) is 5.96 Å². The minimum atomic E-state index is -0.0606. The lowest BCUT2D eigenvalue weighted by molar-refractivity contribution is -0.0772. The molecule has 0 unspecified atom stereocenters. The summed E-state index contributed by atoms with van der Waals surface area (Å²) in [5.74, 6) is 3.48. The van der Waals surface area contributed by atoms with Crippen LogP contribution >= 0.6 is 24.0 Å². The molecule has 5 heteroatoms. The number of guanidine groups is 1. The Kier molecular flexibility index (Phi) is 9.23. The number of piperidine rings is 1. The van der Waals surface area contributed by atoms with E-state index in [2.05, 4.69) is 48.8 Å². The highest BCUT2D eigenvalue weighted by Gasteiger charge is 2.25. The third kappa shape index (κ3) is 7.34. The predicted octanol–water partition coefficient (Wildman–Crippen LogP) is 2.48. The first-order valence-corrected chi connectivity index (χ1v) is 7.11. The molecule has 1 heterocycles. The van der Waals surface area contributed by atoms with Crippen molar-refractivity contribution in [2.24, 2.45) is 4.99 Å². The second-order valence-corrected chi connectivity index (χ2v) is 5.79. The zero-order valence-electron chi connectivity index (χ0n) is 13.1. The summed E-state index contributed by atoms with van der Waals surface area (Å²) in [7, 11) is 0. The van der Waals surface area contributed by atoms with E-state index in [-0.39, 0.29) is 29.6 Å². The van der Waals surface area contributed by atoms with Crippen molar-refractivity contribution in [1.82, 2.24) is 10.2 Å². The number of likely N-dealkylation sites (tertiary alicyclic amines) is 1. The van der Waals surface area contributed by atoms with Crippen molar-refractivity contribution in [2.45, 2.75) is 52.2 Å². The van der Waals surface area contributed by atoms with Crippen molar-refractivity contribution in [1.29, 1.82) is 0 Å². The second kappa shape index (κ2) is 9.46. The molecular weight excluding hydrogens is 365 g/mol. The van der Waals surface area contributed by atoms with E-state index in [1.54, 1.807) is 0 Å². The maximum atomic E-state index is 6.03.